The van der Waals surface area contributed by atoms with Crippen molar-refractivity contribution in [2.24, 2.45) is 5.92 Å². The largest absolute Gasteiger partial charge is 0.497 e. The molecule has 1 fully saturated rings. The number of rotatable bonds is 4. The molecule has 1 aliphatic heterocycles. The number of ether oxygens (including phenoxy) is 2. The third-order valence-electron chi connectivity index (χ3n) is 4.47. The maximum atomic E-state index is 12.6. The first-order valence-electron chi connectivity index (χ1n) is 8.10. The zero-order chi connectivity index (χ0) is 17.1. The van der Waals surface area contributed by atoms with Gasteiger partial charge in [0.2, 0.25) is 0 Å². The molecule has 1 aliphatic rings. The second-order valence-corrected chi connectivity index (χ2v) is 6.12. The van der Waals surface area contributed by atoms with Crippen LogP contribution in [-0.4, -0.2) is 43.3 Å². The Morgan fingerprint density at radius 1 is 1.21 bits per heavy atom. The third kappa shape index (κ3) is 3.22. The zero-order valence-corrected chi connectivity index (χ0v) is 14.2. The Kier molecular flexibility index (Phi) is 4.74. The van der Waals surface area contributed by atoms with Gasteiger partial charge < -0.3 is 18.9 Å². The minimum atomic E-state index is -0.0845. The van der Waals surface area contributed by atoms with Crippen LogP contribution in [0.1, 0.15) is 30.3 Å². The SMILES string of the molecule is COc1ccc(OC)c(-c2cc(C(=O)N3CCC(C)CC3)no2)c1. The number of amides is 1. The number of nitrogens with zero attached hydrogens (tertiary/aromatic N) is 2. The summed E-state index contributed by atoms with van der Waals surface area (Å²) in [6.45, 7) is 3.75. The second-order valence-electron chi connectivity index (χ2n) is 6.12. The number of carbonyl (C=O) groups is 1. The summed E-state index contributed by atoms with van der Waals surface area (Å²) in [6, 6.07) is 7.07. The molecule has 6 heteroatoms. The van der Waals surface area contributed by atoms with Gasteiger partial charge in [0.05, 0.1) is 19.8 Å². The summed E-state index contributed by atoms with van der Waals surface area (Å²) in [5.74, 6) is 2.39. The molecule has 0 saturated carbocycles. The quantitative estimate of drug-likeness (QED) is 0.861. The van der Waals surface area contributed by atoms with Crippen LogP contribution in [0.25, 0.3) is 11.3 Å². The number of hydrogen-bond donors (Lipinski definition) is 0. The van der Waals surface area contributed by atoms with E-state index in [4.69, 9.17) is 14.0 Å². The third-order valence-corrected chi connectivity index (χ3v) is 4.47. The average molecular weight is 330 g/mol. The Bertz CT molecular complexity index is 718. The molecule has 0 radical (unpaired) electrons. The fourth-order valence-corrected chi connectivity index (χ4v) is 2.88. The molecular weight excluding hydrogens is 308 g/mol. The smallest absolute Gasteiger partial charge is 0.276 e. The van der Waals surface area contributed by atoms with E-state index >= 15 is 0 Å². The van der Waals surface area contributed by atoms with Gasteiger partial charge in [0.15, 0.2) is 11.5 Å². The topological polar surface area (TPSA) is 64.8 Å². The van der Waals surface area contributed by atoms with Crippen LogP contribution >= 0.6 is 0 Å². The van der Waals surface area contributed by atoms with Crippen LogP contribution in [0.5, 0.6) is 11.5 Å². The van der Waals surface area contributed by atoms with Crippen molar-refractivity contribution >= 4 is 5.91 Å². The molecule has 1 aromatic heterocycles. The van der Waals surface area contributed by atoms with Crippen molar-refractivity contribution in [3.8, 4) is 22.8 Å². The van der Waals surface area contributed by atoms with E-state index in [2.05, 4.69) is 12.1 Å². The van der Waals surface area contributed by atoms with E-state index in [0.717, 1.165) is 25.9 Å². The molecule has 3 rings (SSSR count). The Morgan fingerprint density at radius 3 is 2.62 bits per heavy atom. The fourth-order valence-electron chi connectivity index (χ4n) is 2.88. The van der Waals surface area contributed by atoms with E-state index in [-0.39, 0.29) is 5.91 Å². The lowest BCUT2D eigenvalue weighted by molar-refractivity contribution is 0.0687. The summed E-state index contributed by atoms with van der Waals surface area (Å²) in [4.78, 5) is 14.4. The van der Waals surface area contributed by atoms with Crippen molar-refractivity contribution < 1.29 is 18.8 Å². The van der Waals surface area contributed by atoms with Crippen LogP contribution < -0.4 is 9.47 Å². The van der Waals surface area contributed by atoms with Gasteiger partial charge in [0.25, 0.3) is 5.91 Å². The van der Waals surface area contributed by atoms with Crippen molar-refractivity contribution in [2.45, 2.75) is 19.8 Å². The lowest BCUT2D eigenvalue weighted by atomic mass is 9.99. The number of benzene rings is 1. The van der Waals surface area contributed by atoms with E-state index in [9.17, 15) is 4.79 Å². The lowest BCUT2D eigenvalue weighted by Gasteiger charge is -2.29. The molecule has 0 aliphatic carbocycles. The molecule has 6 nitrogen and oxygen atoms in total. The van der Waals surface area contributed by atoms with Crippen LogP contribution in [0.15, 0.2) is 28.8 Å². The van der Waals surface area contributed by atoms with Gasteiger partial charge in [-0.25, -0.2) is 0 Å². The molecule has 1 saturated heterocycles. The van der Waals surface area contributed by atoms with Crippen LogP contribution in [0.3, 0.4) is 0 Å². The van der Waals surface area contributed by atoms with Gasteiger partial charge in [-0.1, -0.05) is 12.1 Å². The van der Waals surface area contributed by atoms with Crippen LogP contribution in [0, 0.1) is 5.92 Å². The van der Waals surface area contributed by atoms with Gasteiger partial charge in [-0.3, -0.25) is 4.79 Å². The van der Waals surface area contributed by atoms with Gasteiger partial charge in [0.1, 0.15) is 11.5 Å². The highest BCUT2D eigenvalue weighted by atomic mass is 16.5. The van der Waals surface area contributed by atoms with E-state index < -0.39 is 0 Å². The Morgan fingerprint density at radius 2 is 1.96 bits per heavy atom. The first kappa shape index (κ1) is 16.4. The number of methoxy groups -OCH3 is 2. The molecule has 0 N–H and O–H groups in total. The predicted molar refractivity (Wildman–Crippen MR) is 89.3 cm³/mol. The summed E-state index contributed by atoms with van der Waals surface area (Å²) in [6.07, 6.45) is 2.06. The highest BCUT2D eigenvalue weighted by molar-refractivity contribution is 5.93. The monoisotopic (exact) mass is 330 g/mol. The summed E-state index contributed by atoms with van der Waals surface area (Å²) in [5, 5.41) is 3.96. The fraction of sp³-hybridized carbons (Fsp3) is 0.444. The first-order chi connectivity index (χ1) is 11.6. The van der Waals surface area contributed by atoms with Gasteiger partial charge in [-0.05, 0) is 37.0 Å². The van der Waals surface area contributed by atoms with Crippen LogP contribution in [-0.2, 0) is 0 Å². The highest BCUT2D eigenvalue weighted by Crippen LogP contribution is 2.34. The summed E-state index contributed by atoms with van der Waals surface area (Å²) in [5.41, 5.74) is 1.03. The standard InChI is InChI=1S/C18H22N2O4/c1-12-6-8-20(9-7-12)18(21)15-11-17(24-19-15)14-10-13(22-2)4-5-16(14)23-3/h4-5,10-12H,6-9H2,1-3H3. The molecule has 0 atom stereocenters. The van der Waals surface area contributed by atoms with E-state index in [0.29, 0.717) is 34.4 Å². The summed E-state index contributed by atoms with van der Waals surface area (Å²) < 4.78 is 16.0. The van der Waals surface area contributed by atoms with Gasteiger partial charge in [0, 0.05) is 19.2 Å². The normalized spacial score (nSPS) is 15.4. The Labute approximate surface area is 141 Å². The molecule has 24 heavy (non-hydrogen) atoms. The molecule has 2 heterocycles. The molecular formula is C18H22N2O4. The second kappa shape index (κ2) is 6.95. The zero-order valence-electron chi connectivity index (χ0n) is 14.2. The number of likely N-dealkylation sites (tertiary alicyclic amines) is 1. The number of piperidine rings is 1. The van der Waals surface area contributed by atoms with Crippen molar-refractivity contribution in [3.05, 3.63) is 30.0 Å². The predicted octanol–water partition coefficient (Wildman–Crippen LogP) is 3.23. The molecule has 2 aromatic rings. The van der Waals surface area contributed by atoms with Crippen molar-refractivity contribution in [3.63, 3.8) is 0 Å². The lowest BCUT2D eigenvalue weighted by Crippen LogP contribution is -2.38. The summed E-state index contributed by atoms with van der Waals surface area (Å²) >= 11 is 0. The number of hydrogen-bond acceptors (Lipinski definition) is 5. The number of carbonyl (C=O) groups excluding carboxylic acids is 1. The van der Waals surface area contributed by atoms with Crippen molar-refractivity contribution in [1.29, 1.82) is 0 Å². The van der Waals surface area contributed by atoms with Crippen LogP contribution in [0.2, 0.25) is 0 Å². The highest BCUT2D eigenvalue weighted by Gasteiger charge is 2.25. The minimum Gasteiger partial charge on any atom is -0.497 e. The minimum absolute atomic E-state index is 0.0845. The van der Waals surface area contributed by atoms with E-state index in [1.54, 1.807) is 38.5 Å². The van der Waals surface area contributed by atoms with Gasteiger partial charge in [-0.15, -0.1) is 0 Å². The van der Waals surface area contributed by atoms with Gasteiger partial charge in [-0.2, -0.15) is 0 Å². The maximum absolute atomic E-state index is 12.6. The van der Waals surface area contributed by atoms with Gasteiger partial charge >= 0.3 is 0 Å². The molecule has 128 valence electrons. The summed E-state index contributed by atoms with van der Waals surface area (Å²) in [7, 11) is 3.18. The van der Waals surface area contributed by atoms with E-state index in [1.165, 1.54) is 0 Å². The molecule has 0 unspecified atom stereocenters. The molecule has 1 amide bonds. The number of aromatic nitrogens is 1. The first-order valence-corrected chi connectivity index (χ1v) is 8.10. The molecule has 0 bridgehead atoms. The maximum Gasteiger partial charge on any atom is 0.276 e. The van der Waals surface area contributed by atoms with Crippen molar-refractivity contribution in [1.82, 2.24) is 10.1 Å². The average Bonchev–Trinajstić information content (AvgIpc) is 3.11. The van der Waals surface area contributed by atoms with Crippen LogP contribution in [0.4, 0.5) is 0 Å². The van der Waals surface area contributed by atoms with E-state index in [1.807, 2.05) is 4.90 Å². The molecule has 1 aromatic carbocycles. The van der Waals surface area contributed by atoms with Crippen molar-refractivity contribution in [2.75, 3.05) is 27.3 Å². The Hall–Kier alpha value is -2.50. The Balaban J connectivity index is 1.84. The molecule has 0 spiro atoms.